The van der Waals surface area contributed by atoms with Crippen LogP contribution in [0.1, 0.15) is 27.8 Å². The molecule has 0 saturated heterocycles. The number of esters is 1. The van der Waals surface area contributed by atoms with E-state index in [0.717, 1.165) is 34.4 Å². The Bertz CT molecular complexity index is 1350. The predicted octanol–water partition coefficient (Wildman–Crippen LogP) is 5.99. The van der Waals surface area contributed by atoms with Gasteiger partial charge in [-0.1, -0.05) is 36.1 Å². The van der Waals surface area contributed by atoms with Crippen molar-refractivity contribution < 1.29 is 32.2 Å². The molecule has 8 heteroatoms. The maximum absolute atomic E-state index is 13.1. The standard InChI is InChI=1S/C31H30F3NO4/c1-22-20-27(15-16-29(22)39-21-30(36)37-4)38-19-17-28(25-11-13-26(14-12-25)31(32,33)34)24-9-7-23(8-10-24)6-5-18-35(2)3/h7-17,20H,18-19,21H2,1-4H3. The lowest BCUT2D eigenvalue weighted by Gasteiger charge is -2.13. The largest absolute Gasteiger partial charge is 0.489 e. The van der Waals surface area contributed by atoms with Crippen LogP contribution in [0.2, 0.25) is 0 Å². The van der Waals surface area contributed by atoms with E-state index in [2.05, 4.69) is 16.6 Å². The fraction of sp³-hybridized carbons (Fsp3) is 0.258. The maximum atomic E-state index is 13.1. The lowest BCUT2D eigenvalue weighted by molar-refractivity contribution is -0.143. The smallest absolute Gasteiger partial charge is 0.416 e. The molecule has 0 fully saturated rings. The number of methoxy groups -OCH3 is 1. The number of carbonyl (C=O) groups is 1. The molecule has 0 aliphatic rings. The molecular weight excluding hydrogens is 507 g/mol. The Kier molecular flexibility index (Phi) is 10.2. The maximum Gasteiger partial charge on any atom is 0.416 e. The summed E-state index contributed by atoms with van der Waals surface area (Å²) in [6.45, 7) is 2.43. The number of aryl methyl sites for hydroxylation is 1. The van der Waals surface area contributed by atoms with Crippen LogP contribution in [-0.4, -0.2) is 51.8 Å². The van der Waals surface area contributed by atoms with E-state index in [9.17, 15) is 18.0 Å². The van der Waals surface area contributed by atoms with Crippen LogP contribution in [0.15, 0.2) is 72.8 Å². The molecule has 204 valence electrons. The Morgan fingerprint density at radius 2 is 1.59 bits per heavy atom. The Labute approximate surface area is 226 Å². The zero-order valence-corrected chi connectivity index (χ0v) is 22.3. The van der Waals surface area contributed by atoms with Gasteiger partial charge in [-0.2, -0.15) is 13.2 Å². The highest BCUT2D eigenvalue weighted by Crippen LogP contribution is 2.32. The van der Waals surface area contributed by atoms with Crippen LogP contribution in [-0.2, 0) is 15.7 Å². The number of halogens is 3. The van der Waals surface area contributed by atoms with Crippen molar-refractivity contribution in [2.24, 2.45) is 0 Å². The topological polar surface area (TPSA) is 48.0 Å². The van der Waals surface area contributed by atoms with Gasteiger partial charge >= 0.3 is 12.1 Å². The Morgan fingerprint density at radius 3 is 2.15 bits per heavy atom. The zero-order valence-electron chi connectivity index (χ0n) is 22.3. The zero-order chi connectivity index (χ0) is 28.4. The minimum Gasteiger partial charge on any atom is -0.489 e. The summed E-state index contributed by atoms with van der Waals surface area (Å²) in [4.78, 5) is 13.3. The van der Waals surface area contributed by atoms with Crippen molar-refractivity contribution in [3.63, 3.8) is 0 Å². The number of rotatable bonds is 9. The number of hydrogen-bond acceptors (Lipinski definition) is 5. The molecule has 0 heterocycles. The molecule has 39 heavy (non-hydrogen) atoms. The van der Waals surface area contributed by atoms with Gasteiger partial charge in [0.15, 0.2) is 6.61 Å². The summed E-state index contributed by atoms with van der Waals surface area (Å²) in [6.07, 6.45) is -2.59. The van der Waals surface area contributed by atoms with E-state index in [0.29, 0.717) is 23.6 Å². The van der Waals surface area contributed by atoms with Crippen molar-refractivity contribution in [1.29, 1.82) is 0 Å². The summed E-state index contributed by atoms with van der Waals surface area (Å²) in [7, 11) is 5.17. The highest BCUT2D eigenvalue weighted by molar-refractivity contribution is 5.80. The number of alkyl halides is 3. The van der Waals surface area contributed by atoms with E-state index in [1.54, 1.807) is 18.2 Å². The lowest BCUT2D eigenvalue weighted by atomic mass is 9.96. The first-order valence-corrected chi connectivity index (χ1v) is 12.1. The summed E-state index contributed by atoms with van der Waals surface area (Å²) < 4.78 is 55.3. The number of carbonyl (C=O) groups excluding carboxylic acids is 1. The van der Waals surface area contributed by atoms with Crippen molar-refractivity contribution in [1.82, 2.24) is 4.90 Å². The van der Waals surface area contributed by atoms with Gasteiger partial charge in [-0.25, -0.2) is 4.79 Å². The quantitative estimate of drug-likeness (QED) is 0.248. The molecule has 0 spiro atoms. The number of ether oxygens (including phenoxy) is 3. The third-order valence-corrected chi connectivity index (χ3v) is 5.60. The van der Waals surface area contributed by atoms with Crippen LogP contribution < -0.4 is 9.47 Å². The van der Waals surface area contributed by atoms with Gasteiger partial charge in [0.1, 0.15) is 18.1 Å². The first-order chi connectivity index (χ1) is 18.6. The third kappa shape index (κ3) is 8.94. The van der Waals surface area contributed by atoms with Gasteiger partial charge in [0.05, 0.1) is 19.2 Å². The molecule has 0 bridgehead atoms. The van der Waals surface area contributed by atoms with Crippen LogP contribution >= 0.6 is 0 Å². The summed E-state index contributed by atoms with van der Waals surface area (Å²) in [5, 5.41) is 0. The van der Waals surface area contributed by atoms with Gasteiger partial charge < -0.3 is 14.2 Å². The molecule has 0 aliphatic carbocycles. The molecule has 3 rings (SSSR count). The molecule has 0 saturated carbocycles. The summed E-state index contributed by atoms with van der Waals surface area (Å²) in [6, 6.07) is 17.8. The molecule has 0 atom stereocenters. The van der Waals surface area contributed by atoms with Crippen LogP contribution in [0.25, 0.3) is 5.57 Å². The van der Waals surface area contributed by atoms with Crippen LogP contribution in [0, 0.1) is 18.8 Å². The van der Waals surface area contributed by atoms with E-state index < -0.39 is 17.7 Å². The summed E-state index contributed by atoms with van der Waals surface area (Å²) >= 11 is 0. The van der Waals surface area contributed by atoms with Gasteiger partial charge in [-0.15, -0.1) is 0 Å². The molecular formula is C31H30F3NO4. The van der Waals surface area contributed by atoms with Crippen LogP contribution in [0.4, 0.5) is 13.2 Å². The molecule has 5 nitrogen and oxygen atoms in total. The summed E-state index contributed by atoms with van der Waals surface area (Å²) in [5.74, 6) is 6.81. The van der Waals surface area contributed by atoms with E-state index in [-0.39, 0.29) is 13.2 Å². The SMILES string of the molecule is COC(=O)COc1ccc(OCC=C(c2ccc(C#CCN(C)C)cc2)c2ccc(C(F)(F)F)cc2)cc1C. The first kappa shape index (κ1) is 29.3. The average Bonchev–Trinajstić information content (AvgIpc) is 2.90. The lowest BCUT2D eigenvalue weighted by Crippen LogP contribution is -2.13. The van der Waals surface area contributed by atoms with Crippen molar-refractivity contribution in [2.45, 2.75) is 13.1 Å². The second-order valence-corrected chi connectivity index (χ2v) is 8.91. The third-order valence-electron chi connectivity index (χ3n) is 5.60. The minimum atomic E-state index is -4.41. The van der Waals surface area contributed by atoms with Crippen molar-refractivity contribution in [3.05, 3.63) is 101 Å². The second kappa shape index (κ2) is 13.5. The molecule has 0 amide bonds. The van der Waals surface area contributed by atoms with Gasteiger partial charge in [0.25, 0.3) is 0 Å². The van der Waals surface area contributed by atoms with Crippen LogP contribution in [0.3, 0.4) is 0 Å². The van der Waals surface area contributed by atoms with Crippen molar-refractivity contribution >= 4 is 11.5 Å². The monoisotopic (exact) mass is 537 g/mol. The Hall–Kier alpha value is -4.22. The van der Waals surface area contributed by atoms with E-state index in [1.165, 1.54) is 19.2 Å². The van der Waals surface area contributed by atoms with Crippen molar-refractivity contribution in [3.8, 4) is 23.3 Å². The normalized spacial score (nSPS) is 11.5. The number of benzene rings is 3. The molecule has 3 aromatic carbocycles. The summed E-state index contributed by atoms with van der Waals surface area (Å²) in [5.41, 5.74) is 3.08. The Balaban J connectivity index is 1.82. The highest BCUT2D eigenvalue weighted by atomic mass is 19.4. The molecule has 0 aliphatic heterocycles. The molecule has 0 N–H and O–H groups in total. The van der Waals surface area contributed by atoms with Gasteiger partial charge in [-0.3, -0.25) is 4.90 Å². The first-order valence-electron chi connectivity index (χ1n) is 12.1. The van der Waals surface area contributed by atoms with Crippen molar-refractivity contribution in [2.75, 3.05) is 41.0 Å². The molecule has 0 aromatic heterocycles. The molecule has 0 radical (unpaired) electrons. The fourth-order valence-electron chi connectivity index (χ4n) is 3.56. The van der Waals surface area contributed by atoms with E-state index in [1.807, 2.05) is 56.3 Å². The number of nitrogens with zero attached hydrogens (tertiary/aromatic N) is 1. The molecule has 0 unspecified atom stereocenters. The Morgan fingerprint density at radius 1 is 0.949 bits per heavy atom. The molecule has 3 aromatic rings. The second-order valence-electron chi connectivity index (χ2n) is 8.91. The van der Waals surface area contributed by atoms with Gasteiger partial charge in [0.2, 0.25) is 0 Å². The van der Waals surface area contributed by atoms with E-state index >= 15 is 0 Å². The predicted molar refractivity (Wildman–Crippen MR) is 145 cm³/mol. The average molecular weight is 538 g/mol. The van der Waals surface area contributed by atoms with E-state index in [4.69, 9.17) is 9.47 Å². The minimum absolute atomic E-state index is 0.169. The van der Waals surface area contributed by atoms with Crippen LogP contribution in [0.5, 0.6) is 11.5 Å². The number of hydrogen-bond donors (Lipinski definition) is 0. The fourth-order valence-corrected chi connectivity index (χ4v) is 3.56. The van der Waals surface area contributed by atoms with Gasteiger partial charge in [0, 0.05) is 5.56 Å². The van der Waals surface area contributed by atoms with Gasteiger partial charge in [-0.05, 0) is 91.8 Å². The highest BCUT2D eigenvalue weighted by Gasteiger charge is 2.30.